The highest BCUT2D eigenvalue weighted by Gasteiger charge is 2.26. The van der Waals surface area contributed by atoms with Gasteiger partial charge in [0.25, 0.3) is 0 Å². The number of aromatic nitrogens is 1. The monoisotopic (exact) mass is 283 g/mol. The van der Waals surface area contributed by atoms with E-state index in [2.05, 4.69) is 37.6 Å². The van der Waals surface area contributed by atoms with Crippen LogP contribution < -0.4 is 4.90 Å². The van der Waals surface area contributed by atoms with Crippen LogP contribution in [-0.2, 0) is 6.61 Å². The lowest BCUT2D eigenvalue weighted by Gasteiger charge is -2.39. The van der Waals surface area contributed by atoms with Crippen molar-refractivity contribution in [2.75, 3.05) is 31.6 Å². The van der Waals surface area contributed by atoms with Gasteiger partial charge in [-0.1, -0.05) is 32.1 Å². The largest absolute Gasteiger partial charge is 0.391 e. The molecule has 0 spiro atoms. The van der Waals surface area contributed by atoms with E-state index >= 15 is 0 Å². The van der Waals surface area contributed by atoms with Gasteiger partial charge < -0.3 is 10.0 Å². The van der Waals surface area contributed by atoms with Gasteiger partial charge >= 0.3 is 0 Å². The molecule has 1 aromatic rings. The van der Waals surface area contributed by atoms with Gasteiger partial charge in [-0.25, -0.2) is 4.98 Å². The van der Waals surface area contributed by atoms with Gasteiger partial charge in [-0.15, -0.1) is 0 Å². The number of anilines is 1. The zero-order valence-electron chi connectivity index (χ0n) is 12.4. The summed E-state index contributed by atoms with van der Waals surface area (Å²) in [6, 6.07) is 0.609. The second kappa shape index (κ2) is 6.20. The van der Waals surface area contributed by atoms with Crippen molar-refractivity contribution < 1.29 is 5.11 Å². The zero-order chi connectivity index (χ0) is 14.0. The van der Waals surface area contributed by atoms with Gasteiger partial charge in [-0.3, -0.25) is 4.90 Å². The van der Waals surface area contributed by atoms with E-state index < -0.39 is 0 Å². The van der Waals surface area contributed by atoms with Crippen molar-refractivity contribution in [2.45, 2.75) is 45.8 Å². The van der Waals surface area contributed by atoms with Crippen LogP contribution >= 0.6 is 11.3 Å². The normalized spacial score (nSPS) is 21.4. The number of piperazine rings is 1. The van der Waals surface area contributed by atoms with Crippen molar-refractivity contribution in [3.8, 4) is 0 Å². The van der Waals surface area contributed by atoms with Crippen LogP contribution in [0.1, 0.15) is 43.7 Å². The molecule has 108 valence electrons. The summed E-state index contributed by atoms with van der Waals surface area (Å²) in [4.78, 5) is 10.6. The van der Waals surface area contributed by atoms with Crippen molar-refractivity contribution in [1.29, 1.82) is 0 Å². The molecule has 1 aliphatic rings. The van der Waals surface area contributed by atoms with Crippen LogP contribution in [0.15, 0.2) is 0 Å². The third kappa shape index (κ3) is 3.09. The first kappa shape index (κ1) is 14.8. The number of aliphatic hydroxyl groups excluding tert-OH is 1. The molecule has 0 aliphatic carbocycles. The maximum atomic E-state index is 9.46. The van der Waals surface area contributed by atoms with E-state index in [1.807, 2.05) is 0 Å². The molecular weight excluding hydrogens is 258 g/mol. The lowest BCUT2D eigenvalue weighted by molar-refractivity contribution is 0.213. The van der Waals surface area contributed by atoms with Crippen molar-refractivity contribution >= 4 is 16.5 Å². The molecule has 19 heavy (non-hydrogen) atoms. The van der Waals surface area contributed by atoms with E-state index in [9.17, 15) is 5.11 Å². The van der Waals surface area contributed by atoms with Crippen LogP contribution in [0.3, 0.4) is 0 Å². The lowest BCUT2D eigenvalue weighted by atomic mass is 10.1. The molecule has 1 aromatic heterocycles. The van der Waals surface area contributed by atoms with Gasteiger partial charge in [0.15, 0.2) is 5.13 Å². The molecule has 4 nitrogen and oxygen atoms in total. The number of hydrogen-bond acceptors (Lipinski definition) is 5. The molecule has 2 rings (SSSR count). The van der Waals surface area contributed by atoms with Crippen molar-refractivity contribution in [2.24, 2.45) is 0 Å². The summed E-state index contributed by atoms with van der Waals surface area (Å²) in [7, 11) is 2.20. The number of likely N-dealkylation sites (N-methyl/N-ethyl adjacent to an activating group) is 1. The molecule has 0 aromatic carbocycles. The SMILES string of the molecule is CCC1CN(c2nc(C(C)C)c(CO)s2)CCN1C. The minimum atomic E-state index is 0.107. The summed E-state index contributed by atoms with van der Waals surface area (Å²) < 4.78 is 0. The summed E-state index contributed by atoms with van der Waals surface area (Å²) >= 11 is 1.65. The molecule has 0 amide bonds. The highest BCUT2D eigenvalue weighted by molar-refractivity contribution is 7.15. The number of hydrogen-bond donors (Lipinski definition) is 1. The lowest BCUT2D eigenvalue weighted by Crippen LogP contribution is -2.51. The van der Waals surface area contributed by atoms with Crippen LogP contribution in [0.2, 0.25) is 0 Å². The Labute approximate surface area is 120 Å². The second-order valence-electron chi connectivity index (χ2n) is 5.61. The van der Waals surface area contributed by atoms with Crippen LogP contribution in [-0.4, -0.2) is 47.7 Å². The van der Waals surface area contributed by atoms with Gasteiger partial charge in [0.05, 0.1) is 17.2 Å². The fourth-order valence-electron chi connectivity index (χ4n) is 2.61. The molecule has 1 aliphatic heterocycles. The van der Waals surface area contributed by atoms with Gasteiger partial charge in [0.2, 0.25) is 0 Å². The summed E-state index contributed by atoms with van der Waals surface area (Å²) in [5.41, 5.74) is 1.06. The standard InChI is InChI=1S/C14H25N3OS/c1-5-11-8-17(7-6-16(11)4)14-15-13(10(2)3)12(9-18)19-14/h10-11,18H,5-9H2,1-4H3. The van der Waals surface area contributed by atoms with Crippen LogP contribution in [0.4, 0.5) is 5.13 Å². The Bertz CT molecular complexity index is 419. The topological polar surface area (TPSA) is 39.6 Å². The second-order valence-corrected chi connectivity index (χ2v) is 6.67. The fourth-order valence-corrected chi connectivity index (χ4v) is 3.72. The Kier molecular flexibility index (Phi) is 4.81. The Balaban J connectivity index is 2.18. The first-order chi connectivity index (χ1) is 9.06. The quantitative estimate of drug-likeness (QED) is 0.920. The number of rotatable bonds is 4. The third-order valence-corrected chi connectivity index (χ3v) is 5.04. The number of aliphatic hydroxyl groups is 1. The molecule has 1 fully saturated rings. The van der Waals surface area contributed by atoms with E-state index in [1.165, 1.54) is 6.42 Å². The minimum Gasteiger partial charge on any atom is -0.391 e. The van der Waals surface area contributed by atoms with E-state index in [0.29, 0.717) is 12.0 Å². The molecule has 0 radical (unpaired) electrons. The van der Waals surface area contributed by atoms with Gasteiger partial charge in [-0.2, -0.15) is 0 Å². The Morgan fingerprint density at radius 1 is 1.42 bits per heavy atom. The van der Waals surface area contributed by atoms with Crippen molar-refractivity contribution in [1.82, 2.24) is 9.88 Å². The fraction of sp³-hybridized carbons (Fsp3) is 0.786. The van der Waals surface area contributed by atoms with Gasteiger partial charge in [0.1, 0.15) is 0 Å². The minimum absolute atomic E-state index is 0.107. The number of thiazole rings is 1. The first-order valence-corrected chi connectivity index (χ1v) is 7.94. The van der Waals surface area contributed by atoms with Crippen LogP contribution in [0, 0.1) is 0 Å². The van der Waals surface area contributed by atoms with E-state index in [0.717, 1.165) is 35.3 Å². The van der Waals surface area contributed by atoms with Gasteiger partial charge in [0, 0.05) is 25.7 Å². The average Bonchev–Trinajstić information content (AvgIpc) is 2.83. The molecule has 0 saturated carbocycles. The Morgan fingerprint density at radius 2 is 2.16 bits per heavy atom. The highest BCUT2D eigenvalue weighted by Crippen LogP contribution is 2.32. The molecular formula is C14H25N3OS. The first-order valence-electron chi connectivity index (χ1n) is 7.12. The van der Waals surface area contributed by atoms with Crippen LogP contribution in [0.25, 0.3) is 0 Å². The number of nitrogens with zero attached hydrogens (tertiary/aromatic N) is 3. The molecule has 2 heterocycles. The molecule has 5 heteroatoms. The predicted molar refractivity (Wildman–Crippen MR) is 81.0 cm³/mol. The van der Waals surface area contributed by atoms with Crippen molar-refractivity contribution in [3.05, 3.63) is 10.6 Å². The van der Waals surface area contributed by atoms with Crippen molar-refractivity contribution in [3.63, 3.8) is 0 Å². The predicted octanol–water partition coefficient (Wildman–Crippen LogP) is 2.29. The maximum absolute atomic E-state index is 9.46. The summed E-state index contributed by atoms with van der Waals surface area (Å²) in [6.45, 7) is 9.78. The highest BCUT2D eigenvalue weighted by atomic mass is 32.1. The zero-order valence-corrected chi connectivity index (χ0v) is 13.2. The van der Waals surface area contributed by atoms with E-state index in [4.69, 9.17) is 4.98 Å². The summed E-state index contributed by atoms with van der Waals surface area (Å²) in [5, 5.41) is 10.5. The smallest absolute Gasteiger partial charge is 0.185 e. The molecule has 1 saturated heterocycles. The molecule has 0 bridgehead atoms. The summed E-state index contributed by atoms with van der Waals surface area (Å²) in [6.07, 6.45) is 1.17. The Hall–Kier alpha value is -0.650. The van der Waals surface area contributed by atoms with Crippen LogP contribution in [0.5, 0.6) is 0 Å². The third-order valence-electron chi connectivity index (χ3n) is 3.93. The molecule has 1 unspecified atom stereocenters. The maximum Gasteiger partial charge on any atom is 0.185 e. The van der Waals surface area contributed by atoms with E-state index in [1.54, 1.807) is 11.3 Å². The average molecular weight is 283 g/mol. The molecule has 1 N–H and O–H groups in total. The molecule has 1 atom stereocenters. The van der Waals surface area contributed by atoms with Gasteiger partial charge in [-0.05, 0) is 19.4 Å². The summed E-state index contributed by atoms with van der Waals surface area (Å²) in [5.74, 6) is 0.376. The van der Waals surface area contributed by atoms with E-state index in [-0.39, 0.29) is 6.61 Å². The Morgan fingerprint density at radius 3 is 2.68 bits per heavy atom.